The van der Waals surface area contributed by atoms with E-state index in [1.54, 1.807) is 0 Å². The van der Waals surface area contributed by atoms with E-state index >= 15 is 0 Å². The molecule has 1 N–H and O–H groups in total. The average molecular weight is 264 g/mol. The third-order valence-electron chi connectivity index (χ3n) is 5.94. The number of aliphatic hydroxyl groups excluding tert-OH is 1. The Kier molecular flexibility index (Phi) is 2.85. The summed E-state index contributed by atoms with van der Waals surface area (Å²) in [7, 11) is 0. The molecule has 4 aliphatic rings. The van der Waals surface area contributed by atoms with Crippen molar-refractivity contribution in [2.45, 2.75) is 56.7 Å². The monoisotopic (exact) mass is 264 g/mol. The van der Waals surface area contributed by atoms with Gasteiger partial charge >= 0.3 is 0 Å². The molecule has 0 aromatic heterocycles. The first-order chi connectivity index (χ1) is 9.22. The predicted octanol–water partition coefficient (Wildman–Crippen LogP) is 0.843. The number of fused-ring (bicyclic) bond motifs is 6. The van der Waals surface area contributed by atoms with Gasteiger partial charge in [0.05, 0.1) is 6.10 Å². The maximum atomic E-state index is 12.1. The van der Waals surface area contributed by atoms with Crippen LogP contribution in [0.1, 0.15) is 38.5 Å². The van der Waals surface area contributed by atoms with E-state index in [0.29, 0.717) is 29.8 Å². The van der Waals surface area contributed by atoms with Crippen molar-refractivity contribution in [3.8, 4) is 0 Å². The van der Waals surface area contributed by atoms with Crippen molar-refractivity contribution in [3.63, 3.8) is 0 Å². The van der Waals surface area contributed by atoms with Crippen molar-refractivity contribution >= 4 is 5.91 Å². The lowest BCUT2D eigenvalue weighted by atomic mass is 9.70. The summed E-state index contributed by atoms with van der Waals surface area (Å²) in [6.45, 7) is 3.16. The molecule has 0 aromatic carbocycles. The summed E-state index contributed by atoms with van der Waals surface area (Å²) >= 11 is 0. The second-order valence-electron chi connectivity index (χ2n) is 7.00. The van der Waals surface area contributed by atoms with Gasteiger partial charge in [0.1, 0.15) is 0 Å². The molecule has 1 amide bonds. The zero-order valence-corrected chi connectivity index (χ0v) is 11.5. The Labute approximate surface area is 114 Å². The van der Waals surface area contributed by atoms with Crippen molar-refractivity contribution in [1.82, 2.24) is 9.80 Å². The van der Waals surface area contributed by atoms with Gasteiger partial charge in [-0.3, -0.25) is 9.69 Å². The van der Waals surface area contributed by atoms with Crippen molar-refractivity contribution in [1.29, 1.82) is 0 Å². The van der Waals surface area contributed by atoms with Crippen LogP contribution in [0.4, 0.5) is 0 Å². The zero-order valence-electron chi connectivity index (χ0n) is 11.5. The molecular formula is C15H24N2O2. The molecular weight excluding hydrogens is 240 g/mol. The van der Waals surface area contributed by atoms with E-state index in [0.717, 1.165) is 45.3 Å². The Morgan fingerprint density at radius 3 is 2.79 bits per heavy atom. The molecule has 4 heteroatoms. The van der Waals surface area contributed by atoms with Crippen LogP contribution in [-0.2, 0) is 4.79 Å². The Bertz CT molecular complexity index is 386. The highest BCUT2D eigenvalue weighted by molar-refractivity contribution is 5.77. The minimum Gasteiger partial charge on any atom is -0.393 e. The molecule has 0 spiro atoms. The van der Waals surface area contributed by atoms with E-state index in [9.17, 15) is 9.90 Å². The molecule has 4 nitrogen and oxygen atoms in total. The number of carbonyl (C=O) groups excluding carboxylic acids is 1. The fraction of sp³-hybridized carbons (Fsp3) is 0.933. The van der Waals surface area contributed by atoms with Crippen LogP contribution >= 0.6 is 0 Å². The number of piperidine rings is 4. The molecule has 4 aliphatic heterocycles. The molecule has 0 saturated carbocycles. The van der Waals surface area contributed by atoms with Crippen LogP contribution < -0.4 is 0 Å². The van der Waals surface area contributed by atoms with E-state index in [-0.39, 0.29) is 6.10 Å². The van der Waals surface area contributed by atoms with Gasteiger partial charge in [-0.15, -0.1) is 0 Å². The second kappa shape index (κ2) is 4.45. The van der Waals surface area contributed by atoms with E-state index < -0.39 is 0 Å². The Morgan fingerprint density at radius 1 is 1.05 bits per heavy atom. The lowest BCUT2D eigenvalue weighted by Gasteiger charge is -2.57. The van der Waals surface area contributed by atoms with Crippen molar-refractivity contribution in [3.05, 3.63) is 0 Å². The molecule has 4 rings (SSSR count). The first-order valence-electron chi connectivity index (χ1n) is 7.94. The minimum absolute atomic E-state index is 0.118. The highest BCUT2D eigenvalue weighted by Gasteiger charge is 2.48. The minimum atomic E-state index is -0.118. The summed E-state index contributed by atoms with van der Waals surface area (Å²) < 4.78 is 0. The standard InChI is InChI=1S/C15H24N2O2/c18-12-4-5-16-8-10-6-11(14(16)7-12)9-17-13(10)2-1-3-15(17)19/h10-14,18H,1-9H2/t10-,11+,12+,13?,14+/m0/s1. The van der Waals surface area contributed by atoms with Crippen LogP contribution in [0.5, 0.6) is 0 Å². The lowest BCUT2D eigenvalue weighted by molar-refractivity contribution is -0.150. The van der Waals surface area contributed by atoms with Crippen LogP contribution in [-0.4, -0.2) is 58.6 Å². The third-order valence-corrected chi connectivity index (χ3v) is 5.94. The van der Waals surface area contributed by atoms with Gasteiger partial charge in [0.2, 0.25) is 5.91 Å². The molecule has 1 unspecified atom stereocenters. The number of carbonyl (C=O) groups is 1. The predicted molar refractivity (Wildman–Crippen MR) is 71.6 cm³/mol. The summed E-state index contributed by atoms with van der Waals surface area (Å²) in [4.78, 5) is 17.0. The van der Waals surface area contributed by atoms with Crippen LogP contribution in [0.15, 0.2) is 0 Å². The van der Waals surface area contributed by atoms with Gasteiger partial charge in [-0.2, -0.15) is 0 Å². The van der Waals surface area contributed by atoms with Crippen molar-refractivity contribution < 1.29 is 9.90 Å². The molecule has 0 aromatic rings. The smallest absolute Gasteiger partial charge is 0.222 e. The Balaban J connectivity index is 1.58. The second-order valence-corrected chi connectivity index (χ2v) is 7.00. The molecule has 0 aliphatic carbocycles. The first-order valence-corrected chi connectivity index (χ1v) is 7.94. The van der Waals surface area contributed by atoms with E-state index in [2.05, 4.69) is 9.80 Å². The maximum Gasteiger partial charge on any atom is 0.222 e. The van der Waals surface area contributed by atoms with E-state index in [1.807, 2.05) is 0 Å². The largest absolute Gasteiger partial charge is 0.393 e. The topological polar surface area (TPSA) is 43.8 Å². The fourth-order valence-electron chi connectivity index (χ4n) is 5.07. The van der Waals surface area contributed by atoms with Crippen molar-refractivity contribution in [2.24, 2.45) is 11.8 Å². The number of amides is 1. The molecule has 4 fully saturated rings. The zero-order chi connectivity index (χ0) is 13.0. The molecule has 5 atom stereocenters. The first kappa shape index (κ1) is 12.2. The van der Waals surface area contributed by atoms with Crippen LogP contribution in [0.2, 0.25) is 0 Å². The maximum absolute atomic E-state index is 12.1. The number of hydrogen-bond donors (Lipinski definition) is 1. The third kappa shape index (κ3) is 1.91. The summed E-state index contributed by atoms with van der Waals surface area (Å²) in [5.74, 6) is 1.68. The molecule has 4 heterocycles. The van der Waals surface area contributed by atoms with Crippen LogP contribution in [0.3, 0.4) is 0 Å². The van der Waals surface area contributed by atoms with Gasteiger partial charge in [0.15, 0.2) is 0 Å². The Morgan fingerprint density at radius 2 is 1.89 bits per heavy atom. The Hall–Kier alpha value is -0.610. The summed E-state index contributed by atoms with van der Waals surface area (Å²) in [6.07, 6.45) is 6.07. The normalized spacial score (nSPS) is 46.7. The van der Waals surface area contributed by atoms with Crippen LogP contribution in [0, 0.1) is 11.8 Å². The van der Waals surface area contributed by atoms with Gasteiger partial charge in [-0.1, -0.05) is 0 Å². The SMILES string of the molecule is O=C1CCCC2[C@H]3C[C@H](CN12)[C@H]1C[C@H](O)CCN1C3. The van der Waals surface area contributed by atoms with Gasteiger partial charge in [0.25, 0.3) is 0 Å². The highest BCUT2D eigenvalue weighted by atomic mass is 16.3. The molecule has 0 radical (unpaired) electrons. The lowest BCUT2D eigenvalue weighted by Crippen LogP contribution is -2.65. The fourth-order valence-corrected chi connectivity index (χ4v) is 5.07. The van der Waals surface area contributed by atoms with E-state index in [4.69, 9.17) is 0 Å². The number of aliphatic hydroxyl groups is 1. The molecule has 4 saturated heterocycles. The van der Waals surface area contributed by atoms with Gasteiger partial charge in [0, 0.05) is 38.1 Å². The van der Waals surface area contributed by atoms with Gasteiger partial charge < -0.3 is 10.0 Å². The molecule has 2 bridgehead atoms. The van der Waals surface area contributed by atoms with E-state index in [1.165, 1.54) is 12.8 Å². The van der Waals surface area contributed by atoms with Crippen LogP contribution in [0.25, 0.3) is 0 Å². The molecule has 19 heavy (non-hydrogen) atoms. The average Bonchev–Trinajstić information content (AvgIpc) is 2.41. The number of nitrogens with zero attached hydrogens (tertiary/aromatic N) is 2. The summed E-state index contributed by atoms with van der Waals surface area (Å²) in [5, 5.41) is 9.92. The number of hydrogen-bond acceptors (Lipinski definition) is 3. The van der Waals surface area contributed by atoms with Gasteiger partial charge in [-0.25, -0.2) is 0 Å². The quantitative estimate of drug-likeness (QED) is 0.705. The van der Waals surface area contributed by atoms with Gasteiger partial charge in [-0.05, 0) is 43.9 Å². The van der Waals surface area contributed by atoms with Crippen molar-refractivity contribution in [2.75, 3.05) is 19.6 Å². The highest BCUT2D eigenvalue weighted by Crippen LogP contribution is 2.42. The molecule has 106 valence electrons. The number of rotatable bonds is 0. The summed E-state index contributed by atoms with van der Waals surface area (Å²) in [5.41, 5.74) is 0. The summed E-state index contributed by atoms with van der Waals surface area (Å²) in [6, 6.07) is 1.04.